The van der Waals surface area contributed by atoms with Crippen LogP contribution in [0.15, 0.2) is 17.1 Å². The number of phosphoric ester groups is 1. The number of rotatable bonds is 11. The fraction of sp³-hybridized carbons (Fsp3) is 0.636. The molecule has 1 saturated heterocycles. The monoisotopic (exact) mass is 526 g/mol. The molecule has 21 heteroatoms. The summed E-state index contributed by atoms with van der Waals surface area (Å²) in [5.41, 5.74) is 9.87. The summed E-state index contributed by atoms with van der Waals surface area (Å²) in [6.45, 7) is -0.453. The number of aliphatic hydroxyl groups excluding tert-OH is 1. The van der Waals surface area contributed by atoms with Crippen molar-refractivity contribution in [3.8, 4) is 0 Å². The number of phosphoric acid groups is 3. The molecule has 0 amide bonds. The number of hydrogen-bond donors (Lipinski definition) is 7. The third kappa shape index (κ3) is 8.06. The van der Waals surface area contributed by atoms with Crippen LogP contribution in [0.4, 0.5) is 5.82 Å². The summed E-state index contributed by atoms with van der Waals surface area (Å²) in [5.74, 6) is -0.0711. The van der Waals surface area contributed by atoms with Crippen molar-refractivity contribution in [2.75, 3.05) is 18.9 Å². The Hall–Kier alpha value is -1.07. The van der Waals surface area contributed by atoms with Gasteiger partial charge in [-0.3, -0.25) is 9.09 Å². The Labute approximate surface area is 179 Å². The van der Waals surface area contributed by atoms with Crippen LogP contribution in [0.2, 0.25) is 0 Å². The maximum Gasteiger partial charge on any atom is 0.490 e. The number of anilines is 1. The summed E-state index contributed by atoms with van der Waals surface area (Å²) >= 11 is 0. The topological polar surface area (TPSA) is 285 Å². The van der Waals surface area contributed by atoms with Crippen molar-refractivity contribution in [3.05, 3.63) is 22.7 Å². The van der Waals surface area contributed by atoms with Crippen LogP contribution in [-0.2, 0) is 36.3 Å². The molecule has 2 rings (SSSR count). The van der Waals surface area contributed by atoms with Crippen molar-refractivity contribution in [3.63, 3.8) is 0 Å². The quantitative estimate of drug-likeness (QED) is 0.123. The number of hydrogen-bond acceptors (Lipinski definition) is 13. The van der Waals surface area contributed by atoms with Gasteiger partial charge in [-0.05, 0) is 6.07 Å². The fourth-order valence-corrected chi connectivity index (χ4v) is 5.64. The third-order valence-electron chi connectivity index (χ3n) is 3.62. The molecule has 1 aliphatic rings. The highest BCUT2D eigenvalue weighted by Crippen LogP contribution is 2.66. The molecule has 0 saturated carbocycles. The first-order valence-electron chi connectivity index (χ1n) is 8.44. The van der Waals surface area contributed by atoms with Crippen LogP contribution in [0.3, 0.4) is 0 Å². The summed E-state index contributed by atoms with van der Waals surface area (Å²) in [6, 6.07) is 1.28. The van der Waals surface area contributed by atoms with Crippen LogP contribution in [0.5, 0.6) is 0 Å². The molecule has 1 aromatic rings. The van der Waals surface area contributed by atoms with Crippen molar-refractivity contribution in [2.45, 2.75) is 31.1 Å². The van der Waals surface area contributed by atoms with E-state index >= 15 is 0 Å². The van der Waals surface area contributed by atoms with Crippen LogP contribution in [0.1, 0.15) is 12.6 Å². The summed E-state index contributed by atoms with van der Waals surface area (Å²) < 4.78 is 57.7. The molecule has 32 heavy (non-hydrogen) atoms. The molecule has 6 atom stereocenters. The molecular formula is C11H21N4O14P3. The summed E-state index contributed by atoms with van der Waals surface area (Å²) in [6.07, 6.45) is -5.12. The summed E-state index contributed by atoms with van der Waals surface area (Å²) in [4.78, 5) is 51.6. The van der Waals surface area contributed by atoms with Crippen LogP contribution in [0.25, 0.3) is 0 Å². The van der Waals surface area contributed by atoms with E-state index in [0.29, 0.717) is 0 Å². The SMILES string of the molecule is NCCOC(OP(=O)(O)OP(=O)(O)OP(=O)(O)O)[C@H]1O[C@@H](n2ccc(N)nc2=O)C[C@@H]1O. The van der Waals surface area contributed by atoms with E-state index in [2.05, 4.69) is 18.1 Å². The van der Waals surface area contributed by atoms with Crippen LogP contribution >= 0.6 is 23.5 Å². The predicted molar refractivity (Wildman–Crippen MR) is 101 cm³/mol. The second kappa shape index (κ2) is 10.5. The molecule has 0 aromatic carbocycles. The van der Waals surface area contributed by atoms with Gasteiger partial charge in [-0.25, -0.2) is 18.5 Å². The summed E-state index contributed by atoms with van der Waals surface area (Å²) in [5, 5.41) is 10.3. The van der Waals surface area contributed by atoms with Crippen LogP contribution < -0.4 is 17.2 Å². The molecule has 1 aromatic heterocycles. The first-order chi connectivity index (χ1) is 14.6. The lowest BCUT2D eigenvalue weighted by atomic mass is 10.1. The lowest BCUT2D eigenvalue weighted by Gasteiger charge is -2.27. The fourth-order valence-electron chi connectivity index (χ4n) is 2.54. The predicted octanol–water partition coefficient (Wildman–Crippen LogP) is -1.88. The van der Waals surface area contributed by atoms with Gasteiger partial charge in [0.25, 0.3) is 0 Å². The number of nitrogens with two attached hydrogens (primary N) is 2. The van der Waals surface area contributed by atoms with Crippen molar-refractivity contribution in [1.82, 2.24) is 9.55 Å². The second-order valence-electron chi connectivity index (χ2n) is 6.12. The van der Waals surface area contributed by atoms with Gasteiger partial charge in [-0.1, -0.05) is 0 Å². The minimum Gasteiger partial charge on any atom is -0.390 e. The Morgan fingerprint density at radius 3 is 2.44 bits per heavy atom. The van der Waals surface area contributed by atoms with E-state index in [-0.39, 0.29) is 25.4 Å². The second-order valence-corrected chi connectivity index (χ2v) is 10.5. The molecule has 0 aliphatic carbocycles. The van der Waals surface area contributed by atoms with Gasteiger partial charge < -0.3 is 45.6 Å². The number of nitrogens with zero attached hydrogens (tertiary/aromatic N) is 2. The highest BCUT2D eigenvalue weighted by Gasteiger charge is 2.47. The Balaban J connectivity index is 2.20. The Morgan fingerprint density at radius 2 is 1.88 bits per heavy atom. The van der Waals surface area contributed by atoms with Gasteiger partial charge in [0, 0.05) is 19.2 Å². The highest BCUT2D eigenvalue weighted by atomic mass is 31.3. The Kier molecular flexibility index (Phi) is 8.89. The molecule has 0 radical (unpaired) electrons. The van der Waals surface area contributed by atoms with Crippen molar-refractivity contribution in [1.29, 1.82) is 0 Å². The lowest BCUT2D eigenvalue weighted by Crippen LogP contribution is -2.39. The molecule has 18 nitrogen and oxygen atoms in total. The van der Waals surface area contributed by atoms with E-state index in [1.165, 1.54) is 12.3 Å². The van der Waals surface area contributed by atoms with Gasteiger partial charge in [0.2, 0.25) is 0 Å². The number of aromatic nitrogens is 2. The molecular weight excluding hydrogens is 505 g/mol. The molecule has 0 spiro atoms. The van der Waals surface area contributed by atoms with E-state index in [1.54, 1.807) is 0 Å². The smallest absolute Gasteiger partial charge is 0.390 e. The van der Waals surface area contributed by atoms with E-state index in [1.807, 2.05) is 0 Å². The largest absolute Gasteiger partial charge is 0.490 e. The molecule has 184 valence electrons. The van der Waals surface area contributed by atoms with E-state index < -0.39 is 53.9 Å². The van der Waals surface area contributed by atoms with E-state index in [0.717, 1.165) is 4.57 Å². The average Bonchev–Trinajstić information content (AvgIpc) is 2.96. The van der Waals surface area contributed by atoms with Gasteiger partial charge in [0.1, 0.15) is 18.1 Å². The molecule has 0 bridgehead atoms. The zero-order chi connectivity index (χ0) is 24.3. The Bertz CT molecular complexity index is 998. The normalized spacial score (nSPS) is 26.4. The van der Waals surface area contributed by atoms with Crippen molar-refractivity contribution < 1.29 is 61.0 Å². The van der Waals surface area contributed by atoms with Crippen molar-refractivity contribution >= 4 is 29.3 Å². The molecule has 2 heterocycles. The minimum atomic E-state index is -5.79. The Morgan fingerprint density at radius 1 is 1.22 bits per heavy atom. The van der Waals surface area contributed by atoms with Gasteiger partial charge in [-0.2, -0.15) is 13.6 Å². The minimum absolute atomic E-state index is 0.0711. The zero-order valence-corrected chi connectivity index (χ0v) is 18.6. The van der Waals surface area contributed by atoms with Gasteiger partial charge >= 0.3 is 29.2 Å². The van der Waals surface area contributed by atoms with Gasteiger partial charge in [0.15, 0.2) is 6.29 Å². The third-order valence-corrected chi connectivity index (χ3v) is 7.42. The van der Waals surface area contributed by atoms with Gasteiger partial charge in [-0.15, -0.1) is 0 Å². The maximum atomic E-state index is 12.1. The standard InChI is InChI=1S/C11H21N4O14P3/c12-2-4-25-10(27-31(21,22)29-32(23,24)28-30(18,19)20)9-6(16)5-8(26-9)15-3-1-7(13)14-11(15)17/h1,3,6,8-10,16H,2,4-5,12H2,(H,21,22)(H,23,24)(H2,13,14,17)(H2,18,19,20)/t6-,8+,9-,10?/m0/s1. The molecule has 3 unspecified atom stereocenters. The summed E-state index contributed by atoms with van der Waals surface area (Å²) in [7, 11) is -17.0. The first kappa shape index (κ1) is 27.2. The zero-order valence-electron chi connectivity index (χ0n) is 15.9. The van der Waals surface area contributed by atoms with Crippen LogP contribution in [-0.4, -0.2) is 65.9 Å². The maximum absolute atomic E-state index is 12.1. The molecule has 1 aliphatic heterocycles. The first-order valence-corrected chi connectivity index (χ1v) is 13.0. The molecule has 9 N–H and O–H groups in total. The highest BCUT2D eigenvalue weighted by molar-refractivity contribution is 7.66. The number of ether oxygens (including phenoxy) is 2. The van der Waals surface area contributed by atoms with E-state index in [9.17, 15) is 33.4 Å². The van der Waals surface area contributed by atoms with Crippen LogP contribution in [0, 0.1) is 0 Å². The van der Waals surface area contributed by atoms with Crippen molar-refractivity contribution in [2.24, 2.45) is 5.73 Å². The van der Waals surface area contributed by atoms with Gasteiger partial charge in [0.05, 0.1) is 12.7 Å². The molecule has 1 fully saturated rings. The number of aliphatic hydroxyl groups is 1. The van der Waals surface area contributed by atoms with E-state index in [4.69, 9.17) is 30.7 Å². The lowest BCUT2D eigenvalue weighted by molar-refractivity contribution is -0.187. The number of nitrogen functional groups attached to an aromatic ring is 1. The average molecular weight is 526 g/mol.